The van der Waals surface area contributed by atoms with Crippen LogP contribution in [-0.2, 0) is 14.9 Å². The van der Waals surface area contributed by atoms with Crippen LogP contribution in [0.1, 0.15) is 37.6 Å². The summed E-state index contributed by atoms with van der Waals surface area (Å²) in [5.41, 5.74) is 4.06. The molecule has 36 heavy (non-hydrogen) atoms. The Balaban J connectivity index is 1.82. The number of methoxy groups -OCH3 is 1. The Kier molecular flexibility index (Phi) is 8.76. The number of halogens is 1. The van der Waals surface area contributed by atoms with Crippen LogP contribution >= 0.6 is 11.6 Å². The molecule has 0 atom stereocenters. The van der Waals surface area contributed by atoms with E-state index in [1.165, 1.54) is 4.90 Å². The van der Waals surface area contributed by atoms with Gasteiger partial charge in [0.05, 0.1) is 23.0 Å². The van der Waals surface area contributed by atoms with Gasteiger partial charge in [-0.1, -0.05) is 50.6 Å². The Hall–Kier alpha value is -3.36. The highest BCUT2D eigenvalue weighted by molar-refractivity contribution is 6.32. The van der Waals surface area contributed by atoms with Crippen molar-refractivity contribution in [2.75, 3.05) is 37.4 Å². The number of aryl methyl sites for hydroxylation is 2. The molecule has 2 N–H and O–H groups in total. The molecular formula is C27H34ClN5O3. The summed E-state index contributed by atoms with van der Waals surface area (Å²) in [5, 5.41) is 11.0. The first-order valence-corrected chi connectivity index (χ1v) is 12.1. The van der Waals surface area contributed by atoms with Crippen LogP contribution in [0.25, 0.3) is 5.69 Å². The van der Waals surface area contributed by atoms with Crippen LogP contribution in [0.3, 0.4) is 0 Å². The molecule has 0 saturated heterocycles. The summed E-state index contributed by atoms with van der Waals surface area (Å²) in [4.78, 5) is 27.5. The molecular weight excluding hydrogens is 478 g/mol. The molecule has 3 rings (SSSR count). The molecule has 0 aliphatic heterocycles. The molecule has 0 saturated carbocycles. The second kappa shape index (κ2) is 11.6. The maximum atomic E-state index is 13.1. The van der Waals surface area contributed by atoms with Gasteiger partial charge in [0.15, 0.2) is 0 Å². The van der Waals surface area contributed by atoms with Gasteiger partial charge in [-0.3, -0.25) is 4.79 Å². The van der Waals surface area contributed by atoms with Gasteiger partial charge in [-0.15, -0.1) is 0 Å². The third-order valence-electron chi connectivity index (χ3n) is 5.77. The molecule has 1 aromatic heterocycles. The molecule has 0 unspecified atom stereocenters. The van der Waals surface area contributed by atoms with Gasteiger partial charge >= 0.3 is 6.03 Å². The minimum atomic E-state index is -0.388. The van der Waals surface area contributed by atoms with E-state index < -0.39 is 0 Å². The van der Waals surface area contributed by atoms with Gasteiger partial charge in [-0.25, -0.2) is 9.48 Å². The monoisotopic (exact) mass is 511 g/mol. The number of carbonyl (C=O) groups is 2. The summed E-state index contributed by atoms with van der Waals surface area (Å²) in [6.07, 6.45) is 0. The van der Waals surface area contributed by atoms with Crippen molar-refractivity contribution in [3.8, 4) is 5.69 Å². The van der Waals surface area contributed by atoms with E-state index in [9.17, 15) is 9.59 Å². The van der Waals surface area contributed by atoms with Gasteiger partial charge in [0, 0.05) is 30.8 Å². The van der Waals surface area contributed by atoms with Crippen LogP contribution < -0.4 is 10.6 Å². The van der Waals surface area contributed by atoms with Crippen molar-refractivity contribution in [3.63, 3.8) is 0 Å². The number of hydrogen-bond acceptors (Lipinski definition) is 4. The number of nitrogens with zero attached hydrogens (tertiary/aromatic N) is 3. The molecule has 3 amide bonds. The first-order valence-electron chi connectivity index (χ1n) is 11.8. The number of aromatic nitrogens is 2. The zero-order valence-corrected chi connectivity index (χ0v) is 22.4. The first kappa shape index (κ1) is 27.2. The van der Waals surface area contributed by atoms with E-state index in [0.29, 0.717) is 28.8 Å². The second-order valence-corrected chi connectivity index (χ2v) is 10.1. The largest absolute Gasteiger partial charge is 0.383 e. The van der Waals surface area contributed by atoms with Gasteiger partial charge in [0.1, 0.15) is 12.4 Å². The molecule has 0 bridgehead atoms. The van der Waals surface area contributed by atoms with Gasteiger partial charge in [0.2, 0.25) is 5.91 Å². The fourth-order valence-electron chi connectivity index (χ4n) is 3.48. The quantitative estimate of drug-likeness (QED) is 0.414. The standard InChI is InChI=1S/C27H34ClN5O3/c1-18-11-12-20(15-19(18)2)29-26(35)32(13-14-36-6)17-25(34)30-24-16-23(27(3,4)5)31-33(24)22-10-8-7-9-21(22)28/h7-12,15-16H,13-14,17H2,1-6H3,(H,29,35)(H,30,34). The Bertz CT molecular complexity index is 1230. The zero-order chi connectivity index (χ0) is 26.5. The minimum Gasteiger partial charge on any atom is -0.383 e. The third kappa shape index (κ3) is 6.86. The van der Waals surface area contributed by atoms with Crippen molar-refractivity contribution in [1.29, 1.82) is 0 Å². The number of amides is 3. The summed E-state index contributed by atoms with van der Waals surface area (Å²) in [6, 6.07) is 14.4. The molecule has 1 heterocycles. The summed E-state index contributed by atoms with van der Waals surface area (Å²) < 4.78 is 6.78. The van der Waals surface area contributed by atoms with Gasteiger partial charge in [-0.05, 0) is 49.2 Å². The molecule has 8 nitrogen and oxygen atoms in total. The molecule has 0 spiro atoms. The molecule has 0 aliphatic carbocycles. The molecule has 192 valence electrons. The van der Waals surface area contributed by atoms with Crippen molar-refractivity contribution in [2.45, 2.75) is 40.0 Å². The molecule has 0 aliphatic rings. The van der Waals surface area contributed by atoms with Crippen molar-refractivity contribution in [2.24, 2.45) is 0 Å². The molecule has 3 aromatic rings. The Labute approximate surface area is 217 Å². The van der Waals surface area contributed by atoms with E-state index in [4.69, 9.17) is 21.4 Å². The maximum Gasteiger partial charge on any atom is 0.322 e. The van der Waals surface area contributed by atoms with E-state index in [-0.39, 0.29) is 30.4 Å². The topological polar surface area (TPSA) is 88.5 Å². The summed E-state index contributed by atoms with van der Waals surface area (Å²) in [7, 11) is 1.55. The van der Waals surface area contributed by atoms with Crippen LogP contribution in [0.2, 0.25) is 5.02 Å². The normalized spacial score (nSPS) is 11.3. The summed E-state index contributed by atoms with van der Waals surface area (Å²) >= 11 is 6.42. The van der Waals surface area contributed by atoms with Crippen LogP contribution in [0.15, 0.2) is 48.5 Å². The average molecular weight is 512 g/mol. The molecule has 2 aromatic carbocycles. The number of anilines is 2. The number of benzene rings is 2. The number of para-hydroxylation sites is 1. The highest BCUT2D eigenvalue weighted by Crippen LogP contribution is 2.29. The lowest BCUT2D eigenvalue weighted by Gasteiger charge is -2.22. The van der Waals surface area contributed by atoms with Gasteiger partial charge in [0.25, 0.3) is 0 Å². The SMILES string of the molecule is COCCN(CC(=O)Nc1cc(C(C)(C)C)nn1-c1ccccc1Cl)C(=O)Nc1ccc(C)c(C)c1. The molecule has 0 fully saturated rings. The number of urea groups is 1. The summed E-state index contributed by atoms with van der Waals surface area (Å²) in [6.45, 7) is 10.5. The van der Waals surface area contributed by atoms with E-state index in [2.05, 4.69) is 10.6 Å². The van der Waals surface area contributed by atoms with Crippen molar-refractivity contribution in [3.05, 3.63) is 70.4 Å². The van der Waals surface area contributed by atoms with E-state index >= 15 is 0 Å². The molecule has 0 radical (unpaired) electrons. The van der Waals surface area contributed by atoms with Crippen LogP contribution in [-0.4, -0.2) is 53.4 Å². The maximum absolute atomic E-state index is 13.1. The Morgan fingerprint density at radius 1 is 1.06 bits per heavy atom. The van der Waals surface area contributed by atoms with Gasteiger partial charge in [-0.2, -0.15) is 5.10 Å². The van der Waals surface area contributed by atoms with Crippen LogP contribution in [0.4, 0.5) is 16.3 Å². The lowest BCUT2D eigenvalue weighted by Crippen LogP contribution is -2.42. The zero-order valence-electron chi connectivity index (χ0n) is 21.7. The highest BCUT2D eigenvalue weighted by atomic mass is 35.5. The smallest absolute Gasteiger partial charge is 0.322 e. The summed E-state index contributed by atoms with van der Waals surface area (Å²) in [5.74, 6) is 0.106. The first-order chi connectivity index (χ1) is 17.0. The number of nitrogens with one attached hydrogen (secondary N) is 2. The van der Waals surface area contributed by atoms with Crippen LogP contribution in [0.5, 0.6) is 0 Å². The predicted octanol–water partition coefficient (Wildman–Crippen LogP) is 5.56. The number of ether oxygens (including phenoxy) is 1. The minimum absolute atomic E-state index is 0.168. The lowest BCUT2D eigenvalue weighted by atomic mass is 9.92. The Morgan fingerprint density at radius 2 is 1.78 bits per heavy atom. The van der Waals surface area contributed by atoms with Gasteiger partial charge < -0.3 is 20.3 Å². The third-order valence-corrected chi connectivity index (χ3v) is 6.09. The fourth-order valence-corrected chi connectivity index (χ4v) is 3.69. The highest BCUT2D eigenvalue weighted by Gasteiger charge is 2.24. The second-order valence-electron chi connectivity index (χ2n) is 9.72. The van der Waals surface area contributed by atoms with Crippen molar-refractivity contribution in [1.82, 2.24) is 14.7 Å². The van der Waals surface area contributed by atoms with E-state index in [1.54, 1.807) is 17.9 Å². The van der Waals surface area contributed by atoms with Crippen molar-refractivity contribution < 1.29 is 14.3 Å². The van der Waals surface area contributed by atoms with Crippen LogP contribution in [0, 0.1) is 13.8 Å². The number of rotatable bonds is 8. The van der Waals surface area contributed by atoms with E-state index in [1.807, 2.05) is 77.1 Å². The predicted molar refractivity (Wildman–Crippen MR) is 144 cm³/mol. The van der Waals surface area contributed by atoms with Crippen molar-refractivity contribution >= 4 is 35.0 Å². The number of hydrogen-bond donors (Lipinski definition) is 2. The number of carbonyl (C=O) groups excluding carboxylic acids is 2. The fraction of sp³-hybridized carbons (Fsp3) is 0.370. The Morgan fingerprint density at radius 3 is 2.42 bits per heavy atom. The molecule has 9 heteroatoms. The average Bonchev–Trinajstić information content (AvgIpc) is 3.23. The van der Waals surface area contributed by atoms with E-state index in [0.717, 1.165) is 16.8 Å². The lowest BCUT2D eigenvalue weighted by molar-refractivity contribution is -0.116.